The first-order valence-corrected chi connectivity index (χ1v) is 16.1. The minimum absolute atomic E-state index is 0.00913. The van der Waals surface area contributed by atoms with Crippen molar-refractivity contribution in [3.63, 3.8) is 0 Å². The molecule has 1 heterocycles. The molecule has 0 saturated carbocycles. The van der Waals surface area contributed by atoms with Gasteiger partial charge in [-0.1, -0.05) is 89.2 Å². The Balaban J connectivity index is 1.55. The summed E-state index contributed by atoms with van der Waals surface area (Å²) in [7, 11) is 1.60. The zero-order valence-corrected chi connectivity index (χ0v) is 28.6. The van der Waals surface area contributed by atoms with E-state index in [0.29, 0.717) is 5.56 Å². The number of phenols is 1. The first kappa shape index (κ1) is 36.6. The lowest BCUT2D eigenvalue weighted by Gasteiger charge is -2.32. The number of halogens is 1. The summed E-state index contributed by atoms with van der Waals surface area (Å²) < 4.78 is 24.6. The lowest BCUT2D eigenvalue weighted by Crippen LogP contribution is -2.56. The van der Waals surface area contributed by atoms with Crippen molar-refractivity contribution in [1.82, 2.24) is 25.7 Å². The van der Waals surface area contributed by atoms with Gasteiger partial charge in [-0.15, -0.1) is 10.2 Å². The molecule has 0 saturated heterocycles. The molecule has 11 nitrogen and oxygen atoms in total. The molecule has 3 atom stereocenters. The minimum Gasteiger partial charge on any atom is -0.508 e. The van der Waals surface area contributed by atoms with Gasteiger partial charge >= 0.3 is 6.09 Å². The van der Waals surface area contributed by atoms with Crippen LogP contribution in [0.2, 0.25) is 0 Å². The number of likely N-dealkylation sites (N-methyl/N-ethyl adjacent to an activating group) is 1. The van der Waals surface area contributed by atoms with Gasteiger partial charge in [-0.25, -0.2) is 9.18 Å². The van der Waals surface area contributed by atoms with E-state index in [4.69, 9.17) is 9.15 Å². The largest absolute Gasteiger partial charge is 0.508 e. The number of ether oxygens (including phenoxy) is 1. The van der Waals surface area contributed by atoms with Gasteiger partial charge in [0.2, 0.25) is 24.1 Å². The van der Waals surface area contributed by atoms with Crippen LogP contribution in [0.25, 0.3) is 0 Å². The molecule has 4 aromatic rings. The molecule has 0 fully saturated rings. The van der Waals surface area contributed by atoms with E-state index in [1.54, 1.807) is 45.2 Å². The number of alkyl carbamates (subject to hydrolysis) is 1. The number of carbonyl (C=O) groups is 3. The summed E-state index contributed by atoms with van der Waals surface area (Å²) in [5.74, 6) is -1.47. The molecule has 0 aliphatic carbocycles. The van der Waals surface area contributed by atoms with Gasteiger partial charge in [-0.2, -0.15) is 0 Å². The highest BCUT2D eigenvalue weighted by Gasteiger charge is 2.35. The number of nitrogens with one attached hydrogen (secondary N) is 2. The monoisotopic (exact) mass is 673 g/mol. The average molecular weight is 674 g/mol. The van der Waals surface area contributed by atoms with E-state index in [9.17, 15) is 23.9 Å². The van der Waals surface area contributed by atoms with Crippen LogP contribution in [-0.4, -0.2) is 57.2 Å². The first-order valence-electron chi connectivity index (χ1n) is 16.1. The molecule has 0 aliphatic rings. The van der Waals surface area contributed by atoms with E-state index in [1.165, 1.54) is 35.6 Å². The van der Waals surface area contributed by atoms with Crippen LogP contribution in [-0.2, 0) is 39.2 Å². The Morgan fingerprint density at radius 1 is 0.939 bits per heavy atom. The van der Waals surface area contributed by atoms with Crippen LogP contribution < -0.4 is 10.6 Å². The van der Waals surface area contributed by atoms with E-state index in [2.05, 4.69) is 20.8 Å². The molecule has 4 rings (SSSR count). The van der Waals surface area contributed by atoms with E-state index < -0.39 is 41.9 Å². The minimum atomic E-state index is -1.15. The number of hydrogen-bond donors (Lipinski definition) is 3. The Morgan fingerprint density at radius 2 is 1.61 bits per heavy atom. The topological polar surface area (TPSA) is 147 Å². The molecule has 3 unspecified atom stereocenters. The van der Waals surface area contributed by atoms with Crippen LogP contribution >= 0.6 is 0 Å². The van der Waals surface area contributed by atoms with E-state index >= 15 is 0 Å². The summed E-state index contributed by atoms with van der Waals surface area (Å²) in [6.07, 6.45) is 0.663. The van der Waals surface area contributed by atoms with Gasteiger partial charge in [0.05, 0.1) is 0 Å². The Kier molecular flexibility index (Phi) is 12.1. The number of hydrogen-bond acceptors (Lipinski definition) is 8. The van der Waals surface area contributed by atoms with Crippen LogP contribution in [0.1, 0.15) is 68.8 Å². The van der Waals surface area contributed by atoms with Gasteiger partial charge in [0.15, 0.2) is 0 Å². The van der Waals surface area contributed by atoms with Crippen molar-refractivity contribution < 1.29 is 33.0 Å². The quantitative estimate of drug-likeness (QED) is 0.166. The maximum Gasteiger partial charge on any atom is 0.408 e. The number of rotatable bonds is 13. The van der Waals surface area contributed by atoms with Gasteiger partial charge in [0.25, 0.3) is 0 Å². The van der Waals surface area contributed by atoms with Crippen molar-refractivity contribution in [3.8, 4) is 5.75 Å². The number of nitrogens with zero attached hydrogens (tertiary/aromatic N) is 3. The lowest BCUT2D eigenvalue weighted by molar-refractivity contribution is -0.139. The molecule has 0 bridgehead atoms. The molecule has 0 spiro atoms. The smallest absolute Gasteiger partial charge is 0.408 e. The van der Waals surface area contributed by atoms with Crippen molar-refractivity contribution in [2.45, 2.75) is 77.6 Å². The standard InChI is InChI=1S/C37H44FN5O6/c1-23(2)32(35(46)43(6)30(34-42-39-22-49-34)20-26-14-17-31(44)28(18-26)37(3,4)5)41-33(45)29(19-24-12-15-27(38)16-13-24)40-36(47)48-21-25-10-8-7-9-11-25/h7-18,22-23,29-30,32,44H,19-21H2,1-6H3,(H,40,47)(H,41,45). The van der Waals surface area contributed by atoms with Gasteiger partial charge in [0, 0.05) is 19.9 Å². The Morgan fingerprint density at radius 3 is 2.22 bits per heavy atom. The third-order valence-corrected chi connectivity index (χ3v) is 8.18. The van der Waals surface area contributed by atoms with E-state index in [1.807, 2.05) is 45.0 Å². The normalized spacial score (nSPS) is 13.3. The van der Waals surface area contributed by atoms with Crippen molar-refractivity contribution in [2.75, 3.05) is 7.05 Å². The third-order valence-electron chi connectivity index (χ3n) is 8.18. The molecular formula is C37H44FN5O6. The Hall–Kier alpha value is -5.26. The zero-order chi connectivity index (χ0) is 35.7. The molecule has 0 radical (unpaired) electrons. The number of aromatic hydroxyl groups is 1. The fourth-order valence-electron chi connectivity index (χ4n) is 5.36. The number of benzene rings is 3. The SMILES string of the molecule is CC(C)C(NC(=O)C(Cc1ccc(F)cc1)NC(=O)OCc1ccccc1)C(=O)N(C)C(Cc1ccc(O)c(C(C)(C)C)c1)c1nnco1. The molecule has 0 aliphatic heterocycles. The van der Waals surface area contributed by atoms with E-state index in [-0.39, 0.29) is 42.4 Å². The Bertz CT molecular complexity index is 1690. The number of aromatic nitrogens is 2. The van der Waals surface area contributed by atoms with Gasteiger partial charge < -0.3 is 29.8 Å². The summed E-state index contributed by atoms with van der Waals surface area (Å²) in [6, 6.07) is 17.1. The number of phenolic OH excluding ortho intramolecular Hbond substituents is 1. The fourth-order valence-corrected chi connectivity index (χ4v) is 5.36. The highest BCUT2D eigenvalue weighted by Crippen LogP contribution is 2.33. The van der Waals surface area contributed by atoms with Gasteiger partial charge in [-0.3, -0.25) is 9.59 Å². The third kappa shape index (κ3) is 10.1. The molecule has 3 amide bonds. The summed E-state index contributed by atoms with van der Waals surface area (Å²) >= 11 is 0. The second kappa shape index (κ2) is 16.2. The zero-order valence-electron chi connectivity index (χ0n) is 28.6. The number of carbonyl (C=O) groups excluding carboxylic acids is 3. The second-order valence-corrected chi connectivity index (χ2v) is 13.4. The predicted molar refractivity (Wildman–Crippen MR) is 181 cm³/mol. The summed E-state index contributed by atoms with van der Waals surface area (Å²) in [5.41, 5.74) is 2.60. The summed E-state index contributed by atoms with van der Waals surface area (Å²) in [6.45, 7) is 9.57. The maximum atomic E-state index is 14.2. The van der Waals surface area contributed by atoms with Crippen LogP contribution in [0.15, 0.2) is 83.6 Å². The highest BCUT2D eigenvalue weighted by atomic mass is 19.1. The van der Waals surface area contributed by atoms with Crippen LogP contribution in [0.3, 0.4) is 0 Å². The predicted octanol–water partition coefficient (Wildman–Crippen LogP) is 5.63. The van der Waals surface area contributed by atoms with Crippen molar-refractivity contribution in [2.24, 2.45) is 5.92 Å². The molecule has 260 valence electrons. The average Bonchev–Trinajstić information content (AvgIpc) is 3.60. The molecule has 3 N–H and O–H groups in total. The van der Waals surface area contributed by atoms with Gasteiger partial charge in [0.1, 0.15) is 36.3 Å². The molecule has 1 aromatic heterocycles. The number of amides is 3. The first-order chi connectivity index (χ1) is 23.2. The van der Waals surface area contributed by atoms with Gasteiger partial charge in [-0.05, 0) is 51.8 Å². The van der Waals surface area contributed by atoms with Crippen LogP contribution in [0.4, 0.5) is 9.18 Å². The fraction of sp³-hybridized carbons (Fsp3) is 0.378. The lowest BCUT2D eigenvalue weighted by atomic mass is 9.84. The van der Waals surface area contributed by atoms with Crippen LogP contribution in [0.5, 0.6) is 5.75 Å². The Labute approximate surface area is 285 Å². The molecule has 49 heavy (non-hydrogen) atoms. The second-order valence-electron chi connectivity index (χ2n) is 13.4. The molecule has 3 aromatic carbocycles. The summed E-state index contributed by atoms with van der Waals surface area (Å²) in [5, 5.41) is 23.8. The van der Waals surface area contributed by atoms with Crippen molar-refractivity contribution >= 4 is 17.9 Å². The van der Waals surface area contributed by atoms with Crippen LogP contribution in [0, 0.1) is 11.7 Å². The van der Waals surface area contributed by atoms with E-state index in [0.717, 1.165) is 16.7 Å². The highest BCUT2D eigenvalue weighted by molar-refractivity contribution is 5.91. The van der Waals surface area contributed by atoms with Crippen molar-refractivity contribution in [1.29, 1.82) is 0 Å². The summed E-state index contributed by atoms with van der Waals surface area (Å²) in [4.78, 5) is 42.3. The molecular weight excluding hydrogens is 629 g/mol. The van der Waals surface area contributed by atoms with Crippen molar-refractivity contribution in [3.05, 3.63) is 113 Å². The maximum absolute atomic E-state index is 14.2. The molecule has 12 heteroatoms.